The number of aromatic nitrogens is 1. The van der Waals surface area contributed by atoms with Gasteiger partial charge in [-0.05, 0) is 31.5 Å². The highest BCUT2D eigenvalue weighted by atomic mass is 127. The zero-order valence-corrected chi connectivity index (χ0v) is 19.6. The molecule has 7 nitrogen and oxygen atoms in total. The number of pyridine rings is 1. The Labute approximate surface area is 184 Å². The van der Waals surface area contributed by atoms with Crippen molar-refractivity contribution >= 4 is 40.0 Å². The third-order valence-electron chi connectivity index (χ3n) is 3.85. The second-order valence-electron chi connectivity index (χ2n) is 6.16. The Kier molecular flexibility index (Phi) is 10.4. The van der Waals surface area contributed by atoms with E-state index in [0.29, 0.717) is 13.1 Å². The SMILES string of the molecule is CCNC(=NCCNS(=O)(=O)c1cccnc1)N(C)Cc1ccc(C)cc1.I. The van der Waals surface area contributed by atoms with Crippen molar-refractivity contribution in [2.45, 2.75) is 25.3 Å². The summed E-state index contributed by atoms with van der Waals surface area (Å²) in [6.07, 6.45) is 2.86. The van der Waals surface area contributed by atoms with Crippen LogP contribution in [-0.2, 0) is 16.6 Å². The number of aryl methyl sites for hydroxylation is 1. The normalized spacial score (nSPS) is 11.6. The van der Waals surface area contributed by atoms with Crippen LogP contribution in [0.1, 0.15) is 18.1 Å². The van der Waals surface area contributed by atoms with Crippen molar-refractivity contribution in [2.24, 2.45) is 4.99 Å². The van der Waals surface area contributed by atoms with Gasteiger partial charge in [0.25, 0.3) is 0 Å². The molecule has 2 rings (SSSR count). The molecule has 1 aromatic heterocycles. The van der Waals surface area contributed by atoms with Crippen molar-refractivity contribution in [3.8, 4) is 0 Å². The Balaban J connectivity index is 0.00000392. The molecule has 1 aromatic carbocycles. The summed E-state index contributed by atoms with van der Waals surface area (Å²) < 4.78 is 26.9. The first-order chi connectivity index (χ1) is 12.9. The summed E-state index contributed by atoms with van der Waals surface area (Å²) in [4.78, 5) is 10.5. The highest BCUT2D eigenvalue weighted by Gasteiger charge is 2.13. The Hall–Kier alpha value is -1.72. The van der Waals surface area contributed by atoms with Crippen molar-refractivity contribution in [3.63, 3.8) is 0 Å². The van der Waals surface area contributed by atoms with E-state index in [1.807, 2.05) is 18.9 Å². The van der Waals surface area contributed by atoms with Gasteiger partial charge in [-0.1, -0.05) is 29.8 Å². The lowest BCUT2D eigenvalue weighted by Gasteiger charge is -2.22. The van der Waals surface area contributed by atoms with E-state index in [-0.39, 0.29) is 35.4 Å². The predicted molar refractivity (Wildman–Crippen MR) is 123 cm³/mol. The summed E-state index contributed by atoms with van der Waals surface area (Å²) in [6.45, 7) is 6.06. The molecule has 2 aromatic rings. The molecule has 28 heavy (non-hydrogen) atoms. The molecule has 0 saturated carbocycles. The number of hydrogen-bond acceptors (Lipinski definition) is 4. The van der Waals surface area contributed by atoms with E-state index in [4.69, 9.17) is 0 Å². The minimum Gasteiger partial charge on any atom is -0.357 e. The van der Waals surface area contributed by atoms with E-state index in [0.717, 1.165) is 12.5 Å². The largest absolute Gasteiger partial charge is 0.357 e. The highest BCUT2D eigenvalue weighted by molar-refractivity contribution is 14.0. The molecule has 0 bridgehead atoms. The first-order valence-electron chi connectivity index (χ1n) is 8.87. The van der Waals surface area contributed by atoms with Crippen LogP contribution in [0.5, 0.6) is 0 Å². The van der Waals surface area contributed by atoms with E-state index in [9.17, 15) is 8.42 Å². The molecule has 2 N–H and O–H groups in total. The van der Waals surface area contributed by atoms with E-state index in [1.165, 1.54) is 29.6 Å². The number of guanidine groups is 1. The average Bonchev–Trinajstić information content (AvgIpc) is 2.66. The molecule has 0 atom stereocenters. The first kappa shape index (κ1) is 24.3. The molecule has 0 radical (unpaired) electrons. The summed E-state index contributed by atoms with van der Waals surface area (Å²) in [7, 11) is -1.60. The van der Waals surface area contributed by atoms with Crippen LogP contribution in [-0.4, -0.2) is 50.9 Å². The second-order valence-corrected chi connectivity index (χ2v) is 7.93. The van der Waals surface area contributed by atoms with Crippen LogP contribution in [0.4, 0.5) is 0 Å². The van der Waals surface area contributed by atoms with Crippen molar-refractivity contribution in [1.82, 2.24) is 19.9 Å². The lowest BCUT2D eigenvalue weighted by atomic mass is 10.1. The fraction of sp³-hybridized carbons (Fsp3) is 0.368. The number of hydrogen-bond donors (Lipinski definition) is 2. The van der Waals surface area contributed by atoms with Crippen molar-refractivity contribution < 1.29 is 8.42 Å². The topological polar surface area (TPSA) is 86.7 Å². The number of nitrogens with zero attached hydrogens (tertiary/aromatic N) is 3. The van der Waals surface area contributed by atoms with Gasteiger partial charge in [0, 0.05) is 39.1 Å². The van der Waals surface area contributed by atoms with Crippen molar-refractivity contribution in [1.29, 1.82) is 0 Å². The van der Waals surface area contributed by atoms with Gasteiger partial charge in [0.15, 0.2) is 5.96 Å². The van der Waals surface area contributed by atoms with Gasteiger partial charge in [-0.25, -0.2) is 13.1 Å². The van der Waals surface area contributed by atoms with Gasteiger partial charge < -0.3 is 10.2 Å². The standard InChI is InChI=1S/C19H27N5O2S.HI/c1-4-21-19(24(3)15-17-9-7-16(2)8-10-17)22-12-13-23-27(25,26)18-6-5-11-20-14-18;/h5-11,14,23H,4,12-13,15H2,1-3H3,(H,21,22);1H. The second kappa shape index (κ2) is 12.0. The van der Waals surface area contributed by atoms with Gasteiger partial charge in [-0.15, -0.1) is 24.0 Å². The van der Waals surface area contributed by atoms with Gasteiger partial charge >= 0.3 is 0 Å². The predicted octanol–water partition coefficient (Wildman–Crippen LogP) is 2.38. The smallest absolute Gasteiger partial charge is 0.242 e. The monoisotopic (exact) mass is 517 g/mol. The van der Waals surface area contributed by atoms with Crippen molar-refractivity contribution in [2.75, 3.05) is 26.7 Å². The summed E-state index contributed by atoms with van der Waals surface area (Å²) in [5, 5.41) is 3.23. The number of aliphatic imine (C=N–C) groups is 1. The van der Waals surface area contributed by atoms with E-state index in [1.54, 1.807) is 6.07 Å². The maximum atomic E-state index is 12.2. The van der Waals surface area contributed by atoms with Crippen molar-refractivity contribution in [3.05, 3.63) is 59.9 Å². The zero-order valence-electron chi connectivity index (χ0n) is 16.4. The van der Waals surface area contributed by atoms with Gasteiger partial charge in [0.2, 0.25) is 10.0 Å². The Morgan fingerprint density at radius 2 is 1.93 bits per heavy atom. The van der Waals surface area contributed by atoms with Crippen LogP contribution in [0.25, 0.3) is 0 Å². The molecule has 1 heterocycles. The number of benzene rings is 1. The molecule has 9 heteroatoms. The molecule has 0 aliphatic rings. The molecule has 154 valence electrons. The highest BCUT2D eigenvalue weighted by Crippen LogP contribution is 2.06. The van der Waals surface area contributed by atoms with Gasteiger partial charge in [-0.2, -0.15) is 0 Å². The average molecular weight is 517 g/mol. The lowest BCUT2D eigenvalue weighted by Crippen LogP contribution is -2.39. The first-order valence-corrected chi connectivity index (χ1v) is 10.4. The van der Waals surface area contributed by atoms with Crippen LogP contribution < -0.4 is 10.0 Å². The Bertz CT molecular complexity index is 842. The lowest BCUT2D eigenvalue weighted by molar-refractivity contribution is 0.477. The Morgan fingerprint density at radius 1 is 1.21 bits per heavy atom. The molecule has 0 amide bonds. The van der Waals surface area contributed by atoms with Crippen LogP contribution >= 0.6 is 24.0 Å². The summed E-state index contributed by atoms with van der Waals surface area (Å²) in [5.74, 6) is 0.735. The number of nitrogens with one attached hydrogen (secondary N) is 2. The fourth-order valence-corrected chi connectivity index (χ4v) is 3.43. The number of rotatable bonds is 8. The van der Waals surface area contributed by atoms with E-state index in [2.05, 4.69) is 51.2 Å². The molecule has 0 unspecified atom stereocenters. The molecular formula is C19H28IN5O2S. The van der Waals surface area contributed by atoms with Crippen LogP contribution in [0.2, 0.25) is 0 Å². The number of sulfonamides is 1. The minimum absolute atomic E-state index is 0. The summed E-state index contributed by atoms with van der Waals surface area (Å²) in [6, 6.07) is 11.5. The van der Waals surface area contributed by atoms with E-state index < -0.39 is 10.0 Å². The fourth-order valence-electron chi connectivity index (χ4n) is 2.44. The molecule has 0 saturated heterocycles. The van der Waals surface area contributed by atoms with Gasteiger partial charge in [-0.3, -0.25) is 9.98 Å². The third-order valence-corrected chi connectivity index (χ3v) is 5.29. The molecule has 0 fully saturated rings. The van der Waals surface area contributed by atoms with Gasteiger partial charge in [0.1, 0.15) is 4.90 Å². The maximum Gasteiger partial charge on any atom is 0.242 e. The molecular weight excluding hydrogens is 489 g/mol. The van der Waals surface area contributed by atoms with Crippen LogP contribution in [0, 0.1) is 6.92 Å². The van der Waals surface area contributed by atoms with Gasteiger partial charge in [0.05, 0.1) is 6.54 Å². The van der Waals surface area contributed by atoms with Crippen LogP contribution in [0.15, 0.2) is 58.7 Å². The van der Waals surface area contributed by atoms with Crippen LogP contribution in [0.3, 0.4) is 0 Å². The molecule has 0 aliphatic carbocycles. The summed E-state index contributed by atoms with van der Waals surface area (Å²) >= 11 is 0. The maximum absolute atomic E-state index is 12.2. The number of halogens is 1. The van der Waals surface area contributed by atoms with E-state index >= 15 is 0 Å². The molecule has 0 spiro atoms. The minimum atomic E-state index is -3.56. The third kappa shape index (κ3) is 7.72. The molecule has 0 aliphatic heterocycles. The summed E-state index contributed by atoms with van der Waals surface area (Å²) in [5.41, 5.74) is 2.41. The quantitative estimate of drug-likeness (QED) is 0.243. The zero-order chi connectivity index (χ0) is 19.7. The Morgan fingerprint density at radius 3 is 2.54 bits per heavy atom.